The molecule has 0 unspecified atom stereocenters. The number of phenols is 1. The fraction of sp³-hybridized carbons (Fsp3) is 0.200. The molecule has 2 rings (SSSR count). The van der Waals surface area contributed by atoms with Crippen molar-refractivity contribution in [3.8, 4) is 11.5 Å². The minimum absolute atomic E-state index is 0.0938. The maximum absolute atomic E-state index is 12.5. The molecule has 0 spiro atoms. The molecule has 0 aromatic heterocycles. The van der Waals surface area contributed by atoms with E-state index < -0.39 is 17.5 Å². The Kier molecular flexibility index (Phi) is 3.88. The lowest BCUT2D eigenvalue weighted by Crippen LogP contribution is -2.06. The van der Waals surface area contributed by atoms with Gasteiger partial charge in [0.15, 0.2) is 0 Å². The molecule has 2 nitrogen and oxygen atoms in total. The Morgan fingerprint density at radius 1 is 1.10 bits per heavy atom. The van der Waals surface area contributed by atoms with E-state index in [1.54, 1.807) is 6.07 Å². The first kappa shape index (κ1) is 14.2. The highest BCUT2D eigenvalue weighted by Crippen LogP contribution is 2.36. The normalized spacial score (nSPS) is 11.4. The number of halogens is 3. The first-order chi connectivity index (χ1) is 9.38. The number of alkyl halides is 3. The largest absolute Gasteiger partial charge is 0.507 e. The van der Waals surface area contributed by atoms with E-state index in [1.165, 1.54) is 6.07 Å². The van der Waals surface area contributed by atoms with Crippen molar-refractivity contribution in [2.75, 3.05) is 0 Å². The number of aromatic hydroxyl groups is 1. The Bertz CT molecular complexity index is 606. The third-order valence-electron chi connectivity index (χ3n) is 2.86. The van der Waals surface area contributed by atoms with Gasteiger partial charge >= 0.3 is 6.18 Å². The second-order valence-electron chi connectivity index (χ2n) is 4.40. The second kappa shape index (κ2) is 5.45. The first-order valence-corrected chi connectivity index (χ1v) is 5.95. The van der Waals surface area contributed by atoms with Crippen LogP contribution in [0.4, 0.5) is 13.2 Å². The molecule has 0 bridgehead atoms. The van der Waals surface area contributed by atoms with Crippen LogP contribution in [0.3, 0.4) is 0 Å². The Morgan fingerprint density at radius 2 is 1.80 bits per heavy atom. The van der Waals surface area contributed by atoms with Gasteiger partial charge in [0, 0.05) is 0 Å². The van der Waals surface area contributed by atoms with Crippen molar-refractivity contribution in [1.82, 2.24) is 0 Å². The molecule has 0 aliphatic heterocycles. The van der Waals surface area contributed by atoms with Crippen LogP contribution in [0, 0.1) is 6.92 Å². The van der Waals surface area contributed by atoms with Crippen molar-refractivity contribution in [2.45, 2.75) is 19.7 Å². The molecule has 0 amide bonds. The zero-order valence-corrected chi connectivity index (χ0v) is 10.7. The van der Waals surface area contributed by atoms with Crippen LogP contribution in [0.1, 0.15) is 16.7 Å². The molecule has 5 heteroatoms. The Morgan fingerprint density at radius 3 is 2.40 bits per heavy atom. The fourth-order valence-electron chi connectivity index (χ4n) is 1.79. The molecule has 0 fully saturated rings. The van der Waals surface area contributed by atoms with Crippen molar-refractivity contribution < 1.29 is 23.0 Å². The van der Waals surface area contributed by atoms with Crippen LogP contribution in [-0.2, 0) is 12.8 Å². The monoisotopic (exact) mass is 282 g/mol. The van der Waals surface area contributed by atoms with Crippen molar-refractivity contribution in [1.29, 1.82) is 0 Å². The molecular formula is C15H13F3O2. The molecule has 0 saturated heterocycles. The van der Waals surface area contributed by atoms with Gasteiger partial charge in [0.05, 0.1) is 5.56 Å². The number of para-hydroxylation sites is 1. The third-order valence-corrected chi connectivity index (χ3v) is 2.86. The summed E-state index contributed by atoms with van der Waals surface area (Å²) in [4.78, 5) is 0. The average molecular weight is 282 g/mol. The smallest absolute Gasteiger partial charge is 0.419 e. The summed E-state index contributed by atoms with van der Waals surface area (Å²) in [6.45, 7) is 1.97. The van der Waals surface area contributed by atoms with Crippen molar-refractivity contribution in [3.05, 3.63) is 59.2 Å². The Labute approximate surface area is 114 Å². The highest BCUT2D eigenvalue weighted by molar-refractivity contribution is 5.38. The van der Waals surface area contributed by atoms with Crippen molar-refractivity contribution >= 4 is 0 Å². The van der Waals surface area contributed by atoms with Crippen LogP contribution < -0.4 is 4.74 Å². The minimum atomic E-state index is -4.56. The summed E-state index contributed by atoms with van der Waals surface area (Å²) in [5.41, 5.74) is 0.361. The Balaban J connectivity index is 2.12. The van der Waals surface area contributed by atoms with Gasteiger partial charge in [-0.15, -0.1) is 0 Å². The lowest BCUT2D eigenvalue weighted by molar-refractivity contribution is -0.138. The van der Waals surface area contributed by atoms with E-state index in [9.17, 15) is 18.3 Å². The highest BCUT2D eigenvalue weighted by atomic mass is 19.4. The summed E-state index contributed by atoms with van der Waals surface area (Å²) in [5.74, 6) is -0.129. The molecule has 2 aromatic carbocycles. The minimum Gasteiger partial charge on any atom is -0.507 e. The maximum atomic E-state index is 12.5. The van der Waals surface area contributed by atoms with E-state index in [0.29, 0.717) is 11.3 Å². The molecule has 0 heterocycles. The zero-order valence-electron chi connectivity index (χ0n) is 10.7. The molecule has 20 heavy (non-hydrogen) atoms. The molecule has 0 aliphatic carbocycles. The summed E-state index contributed by atoms with van der Waals surface area (Å²) in [7, 11) is 0. The maximum Gasteiger partial charge on any atom is 0.419 e. The van der Waals surface area contributed by atoms with Gasteiger partial charge in [-0.2, -0.15) is 13.2 Å². The SMILES string of the molecule is Cc1ccccc1OCc1ccc(C(F)(F)F)c(O)c1. The average Bonchev–Trinajstić information content (AvgIpc) is 2.36. The number of hydrogen-bond acceptors (Lipinski definition) is 2. The molecular weight excluding hydrogens is 269 g/mol. The molecule has 106 valence electrons. The quantitative estimate of drug-likeness (QED) is 0.909. The number of benzene rings is 2. The van der Waals surface area contributed by atoms with E-state index in [2.05, 4.69) is 0 Å². The lowest BCUT2D eigenvalue weighted by atomic mass is 10.1. The van der Waals surface area contributed by atoms with Gasteiger partial charge in [-0.1, -0.05) is 24.3 Å². The van der Waals surface area contributed by atoms with Gasteiger partial charge in [0.25, 0.3) is 0 Å². The second-order valence-corrected chi connectivity index (χ2v) is 4.40. The van der Waals surface area contributed by atoms with E-state index in [1.807, 2.05) is 25.1 Å². The molecule has 0 radical (unpaired) electrons. The molecule has 0 atom stereocenters. The van der Waals surface area contributed by atoms with E-state index in [0.717, 1.165) is 17.7 Å². The van der Waals surface area contributed by atoms with Crippen molar-refractivity contribution in [2.24, 2.45) is 0 Å². The van der Waals surface area contributed by atoms with Gasteiger partial charge in [-0.3, -0.25) is 0 Å². The van der Waals surface area contributed by atoms with E-state index >= 15 is 0 Å². The number of rotatable bonds is 3. The zero-order chi connectivity index (χ0) is 14.8. The van der Waals surface area contributed by atoms with Crippen LogP contribution in [0.15, 0.2) is 42.5 Å². The molecule has 0 saturated carbocycles. The number of phenolic OH excluding ortho intramolecular Hbond substituents is 1. The van der Waals surface area contributed by atoms with Crippen LogP contribution in [0.25, 0.3) is 0 Å². The molecule has 2 aromatic rings. The summed E-state index contributed by atoms with van der Waals surface area (Å²) in [5, 5.41) is 9.40. The first-order valence-electron chi connectivity index (χ1n) is 5.95. The Hall–Kier alpha value is -2.17. The van der Waals surface area contributed by atoms with Crippen LogP contribution >= 0.6 is 0 Å². The summed E-state index contributed by atoms with van der Waals surface area (Å²) in [6.07, 6.45) is -4.56. The lowest BCUT2D eigenvalue weighted by Gasteiger charge is -2.12. The van der Waals surface area contributed by atoms with Crippen LogP contribution in [-0.4, -0.2) is 5.11 Å². The number of ether oxygens (including phenoxy) is 1. The summed E-state index contributed by atoms with van der Waals surface area (Å²) < 4.78 is 43.0. The summed E-state index contributed by atoms with van der Waals surface area (Å²) >= 11 is 0. The van der Waals surface area contributed by atoms with Gasteiger partial charge in [0.2, 0.25) is 0 Å². The standard InChI is InChI=1S/C15H13F3O2/c1-10-4-2-3-5-14(10)20-9-11-6-7-12(13(19)8-11)15(16,17)18/h2-8,19H,9H2,1H3. The number of hydrogen-bond donors (Lipinski definition) is 1. The van der Waals surface area contributed by atoms with Crippen molar-refractivity contribution in [3.63, 3.8) is 0 Å². The predicted octanol–water partition coefficient (Wildman–Crippen LogP) is 4.30. The molecule has 0 aliphatic rings. The third kappa shape index (κ3) is 3.23. The topological polar surface area (TPSA) is 29.5 Å². The van der Waals surface area contributed by atoms with Gasteiger partial charge in [-0.25, -0.2) is 0 Å². The van der Waals surface area contributed by atoms with E-state index in [-0.39, 0.29) is 6.61 Å². The highest BCUT2D eigenvalue weighted by Gasteiger charge is 2.33. The van der Waals surface area contributed by atoms with Gasteiger partial charge < -0.3 is 9.84 Å². The predicted molar refractivity (Wildman–Crippen MR) is 68.6 cm³/mol. The number of aryl methyl sites for hydroxylation is 1. The van der Waals surface area contributed by atoms with Crippen LogP contribution in [0.5, 0.6) is 11.5 Å². The summed E-state index contributed by atoms with van der Waals surface area (Å²) in [6, 6.07) is 10.5. The van der Waals surface area contributed by atoms with Gasteiger partial charge in [0.1, 0.15) is 18.1 Å². The van der Waals surface area contributed by atoms with E-state index in [4.69, 9.17) is 4.74 Å². The fourth-order valence-corrected chi connectivity index (χ4v) is 1.79. The molecule has 1 N–H and O–H groups in total. The van der Waals surface area contributed by atoms with Crippen LogP contribution in [0.2, 0.25) is 0 Å². The van der Waals surface area contributed by atoms with Gasteiger partial charge in [-0.05, 0) is 36.2 Å².